The van der Waals surface area contributed by atoms with E-state index in [1.54, 1.807) is 47.6 Å². The molecule has 1 aliphatic heterocycles. The van der Waals surface area contributed by atoms with Gasteiger partial charge in [-0.3, -0.25) is 14.6 Å². The highest BCUT2D eigenvalue weighted by Crippen LogP contribution is 2.40. The number of aliphatic hydroxyl groups excluding tert-OH is 1. The maximum Gasteiger partial charge on any atom is 0.290 e. The summed E-state index contributed by atoms with van der Waals surface area (Å²) in [6.45, 7) is 6.76. The van der Waals surface area contributed by atoms with E-state index in [1.165, 1.54) is 7.11 Å². The molecule has 0 saturated carbocycles. The quantitative estimate of drug-likeness (QED) is 0.497. The summed E-state index contributed by atoms with van der Waals surface area (Å²) in [7, 11) is 1.52. The Morgan fingerprint density at radius 1 is 1.21 bits per heavy atom. The number of pyridine rings is 1. The molecule has 4 rings (SSSR count). The van der Waals surface area contributed by atoms with Crippen molar-refractivity contribution in [2.45, 2.75) is 19.9 Å². The molecule has 0 bridgehead atoms. The van der Waals surface area contributed by atoms with Gasteiger partial charge >= 0.3 is 0 Å². The van der Waals surface area contributed by atoms with Gasteiger partial charge in [0, 0.05) is 30.9 Å². The number of aliphatic hydroxyl groups is 1. The van der Waals surface area contributed by atoms with Crippen molar-refractivity contribution in [3.63, 3.8) is 0 Å². The molecule has 1 unspecified atom stereocenters. The van der Waals surface area contributed by atoms with E-state index >= 15 is 0 Å². The minimum absolute atomic E-state index is 0.00349. The summed E-state index contributed by atoms with van der Waals surface area (Å²) >= 11 is 0. The molecule has 0 saturated heterocycles. The predicted octanol–water partition coefficient (Wildman–Crippen LogP) is 3.76. The Hall–Kier alpha value is -3.65. The second-order valence-electron chi connectivity index (χ2n) is 7.79. The number of aromatic nitrogens is 1. The van der Waals surface area contributed by atoms with Crippen LogP contribution in [0.1, 0.15) is 36.0 Å². The minimum atomic E-state index is -0.737. The summed E-state index contributed by atoms with van der Waals surface area (Å²) in [6, 6.07) is 9.71. The molecule has 0 spiro atoms. The number of amides is 1. The largest absolute Gasteiger partial charge is 0.503 e. The number of ketones is 1. The zero-order valence-electron chi connectivity index (χ0n) is 18.9. The van der Waals surface area contributed by atoms with Gasteiger partial charge in [0.15, 0.2) is 22.9 Å². The lowest BCUT2D eigenvalue weighted by atomic mass is 9.95. The van der Waals surface area contributed by atoms with E-state index in [-0.39, 0.29) is 11.3 Å². The van der Waals surface area contributed by atoms with E-state index in [4.69, 9.17) is 9.15 Å². The molecule has 0 fully saturated rings. The van der Waals surface area contributed by atoms with Crippen LogP contribution >= 0.6 is 0 Å². The van der Waals surface area contributed by atoms with Crippen LogP contribution in [0.4, 0.5) is 0 Å². The van der Waals surface area contributed by atoms with Crippen molar-refractivity contribution in [3.8, 4) is 5.75 Å². The molecule has 8 nitrogen and oxygen atoms in total. The second kappa shape index (κ2) is 9.46. The van der Waals surface area contributed by atoms with Crippen LogP contribution in [-0.4, -0.2) is 64.9 Å². The number of para-hydroxylation sites is 1. The Kier molecular flexibility index (Phi) is 6.46. The molecule has 1 atom stereocenters. The molecular weight excluding hydrogens is 422 g/mol. The lowest BCUT2D eigenvalue weighted by Crippen LogP contribution is -2.38. The number of fused-ring (bicyclic) bond motifs is 1. The highest BCUT2D eigenvalue weighted by atomic mass is 16.5. The van der Waals surface area contributed by atoms with Gasteiger partial charge in [-0.1, -0.05) is 26.0 Å². The zero-order chi connectivity index (χ0) is 23.5. The fourth-order valence-electron chi connectivity index (χ4n) is 4.24. The van der Waals surface area contributed by atoms with Gasteiger partial charge in [-0.25, -0.2) is 0 Å². The van der Waals surface area contributed by atoms with E-state index < -0.39 is 23.5 Å². The number of hydrogen-bond donors (Lipinski definition) is 1. The lowest BCUT2D eigenvalue weighted by Gasteiger charge is -2.29. The molecule has 2 aromatic heterocycles. The maximum absolute atomic E-state index is 13.6. The van der Waals surface area contributed by atoms with Crippen LogP contribution in [0, 0.1) is 0 Å². The first-order chi connectivity index (χ1) is 16.0. The molecule has 3 aromatic rings. The first kappa shape index (κ1) is 22.5. The van der Waals surface area contributed by atoms with Gasteiger partial charge in [0.05, 0.1) is 18.7 Å². The number of nitrogens with zero attached hydrogens (tertiary/aromatic N) is 3. The third-order valence-electron chi connectivity index (χ3n) is 6.07. The van der Waals surface area contributed by atoms with E-state index in [9.17, 15) is 14.7 Å². The number of hydrogen-bond acceptors (Lipinski definition) is 7. The lowest BCUT2D eigenvalue weighted by molar-refractivity contribution is -0.129. The van der Waals surface area contributed by atoms with Crippen molar-refractivity contribution in [1.29, 1.82) is 0 Å². The summed E-state index contributed by atoms with van der Waals surface area (Å²) in [4.78, 5) is 34.4. The van der Waals surface area contributed by atoms with Crippen LogP contribution in [0.3, 0.4) is 0 Å². The highest BCUT2D eigenvalue weighted by Gasteiger charge is 2.44. The Labute approximate surface area is 192 Å². The first-order valence-electron chi connectivity index (χ1n) is 11.0. The number of Topliss-reactive ketones (excluding diaryl/α,β-unsaturated/α-hetero) is 1. The van der Waals surface area contributed by atoms with Crippen LogP contribution in [0.2, 0.25) is 0 Å². The third kappa shape index (κ3) is 4.09. The van der Waals surface area contributed by atoms with Crippen LogP contribution < -0.4 is 4.74 Å². The fraction of sp³-hybridized carbons (Fsp3) is 0.320. The second-order valence-corrected chi connectivity index (χ2v) is 7.79. The van der Waals surface area contributed by atoms with Crippen LogP contribution in [0.5, 0.6) is 5.75 Å². The number of benzene rings is 1. The minimum Gasteiger partial charge on any atom is -0.503 e. The Morgan fingerprint density at radius 3 is 2.61 bits per heavy atom. The number of carbonyl (C=O) groups is 2. The van der Waals surface area contributed by atoms with Gasteiger partial charge in [0.25, 0.3) is 5.91 Å². The predicted molar refractivity (Wildman–Crippen MR) is 123 cm³/mol. The molecule has 8 heteroatoms. The molecule has 1 N–H and O–H groups in total. The van der Waals surface area contributed by atoms with Crippen molar-refractivity contribution in [2.24, 2.45) is 0 Å². The normalized spacial score (nSPS) is 16.3. The van der Waals surface area contributed by atoms with Crippen LogP contribution in [0.25, 0.3) is 11.0 Å². The summed E-state index contributed by atoms with van der Waals surface area (Å²) in [5.41, 5.74) is 1.13. The van der Waals surface area contributed by atoms with E-state index in [2.05, 4.69) is 23.7 Å². The topological polar surface area (TPSA) is 96.1 Å². The molecule has 0 radical (unpaired) electrons. The fourth-order valence-corrected chi connectivity index (χ4v) is 4.24. The van der Waals surface area contributed by atoms with E-state index in [1.807, 2.05) is 6.07 Å². The number of methoxy groups -OCH3 is 1. The average Bonchev–Trinajstić information content (AvgIpc) is 3.39. The standard InChI is InChI=1S/C25H27N3O5/c1-4-27(5-2)13-14-28-21(16-9-11-26-12-10-16)20(23(30)25(28)31)22(29)19-15-17-7-6-8-18(32-3)24(17)33-19/h6-12,15,21,30H,4-5,13-14H2,1-3H3. The Bertz CT molecular complexity index is 1200. The highest BCUT2D eigenvalue weighted by molar-refractivity contribution is 6.16. The summed E-state index contributed by atoms with van der Waals surface area (Å²) in [5.74, 6) is -1.12. The molecule has 172 valence electrons. The SMILES string of the molecule is CCN(CC)CCN1C(=O)C(O)=C(C(=O)c2cc3cccc(OC)c3o2)C1c1ccncc1. The number of ether oxygens (including phenoxy) is 1. The average molecular weight is 450 g/mol. The summed E-state index contributed by atoms with van der Waals surface area (Å²) in [5, 5.41) is 11.5. The number of furan rings is 1. The summed E-state index contributed by atoms with van der Waals surface area (Å²) < 4.78 is 11.2. The van der Waals surface area contributed by atoms with Crippen molar-refractivity contribution >= 4 is 22.7 Å². The Balaban J connectivity index is 1.75. The Morgan fingerprint density at radius 2 is 1.94 bits per heavy atom. The number of carbonyl (C=O) groups excluding carboxylic acids is 2. The number of rotatable bonds is 9. The molecule has 1 aliphatic rings. The smallest absolute Gasteiger partial charge is 0.290 e. The summed E-state index contributed by atoms with van der Waals surface area (Å²) in [6.07, 6.45) is 3.21. The van der Waals surface area contributed by atoms with Crippen LogP contribution in [-0.2, 0) is 4.79 Å². The van der Waals surface area contributed by atoms with Gasteiger partial charge in [0.1, 0.15) is 0 Å². The monoisotopic (exact) mass is 449 g/mol. The van der Waals surface area contributed by atoms with Crippen LogP contribution in [0.15, 0.2) is 64.5 Å². The van der Waals surface area contributed by atoms with Crippen molar-refractivity contribution in [3.05, 3.63) is 71.4 Å². The maximum atomic E-state index is 13.6. The molecule has 0 aliphatic carbocycles. The molecular formula is C25H27N3O5. The van der Waals surface area contributed by atoms with Gasteiger partial charge in [-0.15, -0.1) is 0 Å². The van der Waals surface area contributed by atoms with Crippen molar-refractivity contribution < 1.29 is 23.8 Å². The van der Waals surface area contributed by atoms with Gasteiger partial charge in [0.2, 0.25) is 5.78 Å². The van der Waals surface area contributed by atoms with E-state index in [0.717, 1.165) is 13.1 Å². The molecule has 3 heterocycles. The third-order valence-corrected chi connectivity index (χ3v) is 6.07. The molecule has 1 amide bonds. The first-order valence-corrected chi connectivity index (χ1v) is 11.0. The van der Waals surface area contributed by atoms with Gasteiger partial charge in [-0.2, -0.15) is 0 Å². The zero-order valence-corrected chi connectivity index (χ0v) is 18.9. The number of likely N-dealkylation sites (N-methyl/N-ethyl adjacent to an activating group) is 1. The molecule has 1 aromatic carbocycles. The van der Waals surface area contributed by atoms with E-state index in [0.29, 0.717) is 35.4 Å². The van der Waals surface area contributed by atoms with Crippen molar-refractivity contribution in [1.82, 2.24) is 14.8 Å². The van der Waals surface area contributed by atoms with Gasteiger partial charge < -0.3 is 24.1 Å². The van der Waals surface area contributed by atoms with Gasteiger partial charge in [-0.05, 0) is 42.9 Å². The van der Waals surface area contributed by atoms with Crippen molar-refractivity contribution in [2.75, 3.05) is 33.3 Å². The molecule has 33 heavy (non-hydrogen) atoms.